The molecular weight excluding hydrogens is 725 g/mol. The quantitative estimate of drug-likeness (QED) is 0.121. The van der Waals surface area contributed by atoms with Gasteiger partial charge in [0.25, 0.3) is 0 Å². The molecule has 0 fully saturated rings. The molecule has 0 saturated carbocycles. The van der Waals surface area contributed by atoms with Crippen molar-refractivity contribution in [1.82, 2.24) is 0 Å². The van der Waals surface area contributed by atoms with Crippen molar-refractivity contribution >= 4 is 46.3 Å². The Bertz CT molecular complexity index is 2670. The molecule has 0 bridgehead atoms. The Labute approximate surface area is 354 Å². The number of hydrogen-bond donors (Lipinski definition) is 0. The van der Waals surface area contributed by atoms with Gasteiger partial charge < -0.3 is 9.80 Å². The molecule has 0 aliphatic heterocycles. The summed E-state index contributed by atoms with van der Waals surface area (Å²) in [5, 5.41) is 0. The van der Waals surface area contributed by atoms with Crippen LogP contribution in [-0.2, 0) is 0 Å². The Kier molecular flexibility index (Phi) is 11.0. The third-order valence-corrected chi connectivity index (χ3v) is 11.1. The lowest BCUT2D eigenvalue weighted by atomic mass is 9.93. The van der Waals surface area contributed by atoms with Crippen LogP contribution in [0.5, 0.6) is 0 Å². The Morgan fingerprint density at radius 3 is 0.950 bits per heavy atom. The minimum atomic E-state index is 1.11. The molecule has 9 aromatic rings. The van der Waals surface area contributed by atoms with Gasteiger partial charge in [0.05, 0.1) is 0 Å². The van der Waals surface area contributed by atoms with Crippen LogP contribution >= 0.6 is 0 Å². The van der Waals surface area contributed by atoms with E-state index in [1.54, 1.807) is 0 Å². The molecule has 0 N–H and O–H groups in total. The fourth-order valence-electron chi connectivity index (χ4n) is 8.13. The van der Waals surface area contributed by atoms with Gasteiger partial charge in [0.1, 0.15) is 0 Å². The molecule has 2 nitrogen and oxygen atoms in total. The zero-order valence-electron chi connectivity index (χ0n) is 34.0. The largest absolute Gasteiger partial charge is 0.311 e. The van der Waals surface area contributed by atoms with Gasteiger partial charge in [-0.05, 0) is 142 Å². The average Bonchev–Trinajstić information content (AvgIpc) is 3.31. The second-order valence-electron chi connectivity index (χ2n) is 15.2. The lowest BCUT2D eigenvalue weighted by molar-refractivity contribution is 1.25. The van der Waals surface area contributed by atoms with Gasteiger partial charge in [-0.2, -0.15) is 0 Å². The molecular formula is C58H46N2. The van der Waals surface area contributed by atoms with E-state index in [9.17, 15) is 0 Å². The first-order valence-corrected chi connectivity index (χ1v) is 20.6. The Morgan fingerprint density at radius 1 is 0.267 bits per heavy atom. The third kappa shape index (κ3) is 8.32. The summed E-state index contributed by atoms with van der Waals surface area (Å²) in [6, 6.07) is 82.3. The first-order valence-electron chi connectivity index (χ1n) is 20.6. The van der Waals surface area contributed by atoms with Gasteiger partial charge in [0, 0.05) is 34.1 Å². The maximum absolute atomic E-state index is 2.37. The Hall–Kier alpha value is -7.68. The van der Waals surface area contributed by atoms with Gasteiger partial charge in [-0.25, -0.2) is 0 Å². The van der Waals surface area contributed by atoms with Crippen LogP contribution in [0.4, 0.5) is 34.1 Å². The van der Waals surface area contributed by atoms with Gasteiger partial charge in [-0.3, -0.25) is 0 Å². The third-order valence-electron chi connectivity index (χ3n) is 11.1. The highest BCUT2D eigenvalue weighted by atomic mass is 15.1. The molecule has 60 heavy (non-hydrogen) atoms. The fraction of sp³-hybridized carbons (Fsp3) is 0.0345. The lowest BCUT2D eigenvalue weighted by Gasteiger charge is -2.27. The summed E-state index contributed by atoms with van der Waals surface area (Å²) in [5.41, 5.74) is 18.8. The molecule has 288 valence electrons. The van der Waals surface area contributed by atoms with E-state index in [1.165, 1.54) is 44.5 Å². The maximum atomic E-state index is 2.37. The highest BCUT2D eigenvalue weighted by Crippen LogP contribution is 2.40. The Balaban J connectivity index is 0.970. The van der Waals surface area contributed by atoms with E-state index < -0.39 is 0 Å². The average molecular weight is 771 g/mol. The molecule has 0 saturated heterocycles. The summed E-state index contributed by atoms with van der Waals surface area (Å²) in [6.07, 6.45) is 4.38. The first-order chi connectivity index (χ1) is 29.6. The molecule has 0 amide bonds. The highest BCUT2D eigenvalue weighted by molar-refractivity contribution is 5.84. The van der Waals surface area contributed by atoms with Crippen molar-refractivity contribution in [3.05, 3.63) is 253 Å². The summed E-state index contributed by atoms with van der Waals surface area (Å²) >= 11 is 0. The van der Waals surface area contributed by atoms with Crippen molar-refractivity contribution in [2.75, 3.05) is 9.80 Å². The van der Waals surface area contributed by atoms with Crippen LogP contribution in [0.3, 0.4) is 0 Å². The van der Waals surface area contributed by atoms with E-state index in [-0.39, 0.29) is 0 Å². The smallest absolute Gasteiger partial charge is 0.0467 e. The number of para-hydroxylation sites is 2. The SMILES string of the molecule is Cc1cc(N(c2ccc(-c3ccccc3)cc2)c2ccc(-c3ccccc3)cc2)cc(C)c1-c1ccc(C=Cc2ccc(N(c3ccccc3)c3ccccc3)cc2)cc1. The second kappa shape index (κ2) is 17.4. The van der Waals surface area contributed by atoms with Gasteiger partial charge in [0.15, 0.2) is 0 Å². The summed E-state index contributed by atoms with van der Waals surface area (Å²) in [7, 11) is 0. The van der Waals surface area contributed by atoms with Crippen LogP contribution in [0, 0.1) is 13.8 Å². The Morgan fingerprint density at radius 2 is 0.550 bits per heavy atom. The van der Waals surface area contributed by atoms with Crippen LogP contribution in [0.25, 0.3) is 45.5 Å². The number of benzene rings is 9. The summed E-state index contributed by atoms with van der Waals surface area (Å²) in [4.78, 5) is 4.65. The van der Waals surface area contributed by atoms with Crippen LogP contribution in [0.2, 0.25) is 0 Å². The van der Waals surface area contributed by atoms with Crippen molar-refractivity contribution in [3.8, 4) is 33.4 Å². The van der Waals surface area contributed by atoms with Crippen LogP contribution in [-0.4, -0.2) is 0 Å². The van der Waals surface area contributed by atoms with E-state index in [1.807, 2.05) is 0 Å². The minimum Gasteiger partial charge on any atom is -0.311 e. The predicted molar refractivity (Wildman–Crippen MR) is 257 cm³/mol. The molecule has 0 heterocycles. The van der Waals surface area contributed by atoms with Crippen LogP contribution < -0.4 is 9.80 Å². The molecule has 0 aliphatic rings. The van der Waals surface area contributed by atoms with Gasteiger partial charge in [-0.1, -0.05) is 170 Å². The van der Waals surface area contributed by atoms with Crippen LogP contribution in [0.15, 0.2) is 231 Å². The summed E-state index contributed by atoms with van der Waals surface area (Å²) in [5.74, 6) is 0. The van der Waals surface area contributed by atoms with Crippen LogP contribution in [0.1, 0.15) is 22.3 Å². The molecule has 0 spiro atoms. The van der Waals surface area contributed by atoms with Gasteiger partial charge in [0.2, 0.25) is 0 Å². The van der Waals surface area contributed by atoms with Gasteiger partial charge >= 0.3 is 0 Å². The first kappa shape index (κ1) is 37.9. The van der Waals surface area contributed by atoms with E-state index >= 15 is 0 Å². The predicted octanol–water partition coefficient (Wildman–Crippen LogP) is 16.4. The summed E-state index contributed by atoms with van der Waals surface area (Å²) in [6.45, 7) is 4.46. The monoisotopic (exact) mass is 770 g/mol. The normalized spacial score (nSPS) is 11.1. The molecule has 9 aromatic carbocycles. The molecule has 2 heteroatoms. The minimum absolute atomic E-state index is 1.11. The van der Waals surface area contributed by atoms with E-state index in [2.05, 4.69) is 266 Å². The zero-order chi connectivity index (χ0) is 40.7. The molecule has 0 aromatic heterocycles. The number of nitrogens with zero attached hydrogens (tertiary/aromatic N) is 2. The zero-order valence-corrected chi connectivity index (χ0v) is 34.0. The van der Waals surface area contributed by atoms with Crippen molar-refractivity contribution < 1.29 is 0 Å². The highest BCUT2D eigenvalue weighted by Gasteiger charge is 2.17. The van der Waals surface area contributed by atoms with E-state index in [0.717, 1.165) is 45.3 Å². The van der Waals surface area contributed by atoms with Gasteiger partial charge in [-0.15, -0.1) is 0 Å². The molecule has 0 aliphatic carbocycles. The van der Waals surface area contributed by atoms with Crippen molar-refractivity contribution in [2.24, 2.45) is 0 Å². The molecule has 0 radical (unpaired) electrons. The molecule has 0 unspecified atom stereocenters. The van der Waals surface area contributed by atoms with Crippen molar-refractivity contribution in [3.63, 3.8) is 0 Å². The number of hydrogen-bond acceptors (Lipinski definition) is 2. The topological polar surface area (TPSA) is 6.48 Å². The number of aryl methyl sites for hydroxylation is 2. The van der Waals surface area contributed by atoms with E-state index in [0.29, 0.717) is 0 Å². The molecule has 9 rings (SSSR count). The lowest BCUT2D eigenvalue weighted by Crippen LogP contribution is -2.11. The molecule has 0 atom stereocenters. The number of anilines is 6. The maximum Gasteiger partial charge on any atom is 0.0467 e. The van der Waals surface area contributed by atoms with Crippen molar-refractivity contribution in [2.45, 2.75) is 13.8 Å². The number of rotatable bonds is 11. The van der Waals surface area contributed by atoms with E-state index in [4.69, 9.17) is 0 Å². The fourth-order valence-corrected chi connectivity index (χ4v) is 8.13. The summed E-state index contributed by atoms with van der Waals surface area (Å²) < 4.78 is 0. The standard InChI is InChI=1S/C58H46N2/c1-43-41-57(60(55-37-31-49(32-38-55)47-15-7-3-8-16-47)56-39-33-50(34-40-56)48-17-9-4-10-18-48)42-44(2)58(43)51-29-25-45(26-30-51)23-24-46-27-35-54(36-28-46)59(52-19-11-5-12-20-52)53-21-13-6-14-22-53/h3-42H,1-2H3. The second-order valence-corrected chi connectivity index (χ2v) is 15.2. The van der Waals surface area contributed by atoms with Crippen molar-refractivity contribution in [1.29, 1.82) is 0 Å².